The van der Waals surface area contributed by atoms with E-state index in [-0.39, 0.29) is 0 Å². The van der Waals surface area contributed by atoms with Gasteiger partial charge in [0.2, 0.25) is 0 Å². The largest absolute Gasteiger partial charge is 0.314 e. The van der Waals surface area contributed by atoms with Crippen LogP contribution in [0.3, 0.4) is 0 Å². The van der Waals surface area contributed by atoms with Gasteiger partial charge in [-0.3, -0.25) is 0 Å². The zero-order valence-corrected chi connectivity index (χ0v) is 15.1. The first-order valence-corrected chi connectivity index (χ1v) is 10.0. The van der Waals surface area contributed by atoms with Gasteiger partial charge in [-0.2, -0.15) is 0 Å². The van der Waals surface area contributed by atoms with Gasteiger partial charge in [-0.05, 0) is 37.6 Å². The highest BCUT2D eigenvalue weighted by Crippen LogP contribution is 2.33. The maximum Gasteiger partial charge on any atom is 0.00954 e. The summed E-state index contributed by atoms with van der Waals surface area (Å²) in [5, 5.41) is 3.82. The van der Waals surface area contributed by atoms with Crippen molar-refractivity contribution in [1.82, 2.24) is 5.32 Å². The zero-order valence-electron chi connectivity index (χ0n) is 15.1. The molecule has 3 atom stereocenters. The fourth-order valence-corrected chi connectivity index (χ4v) is 4.01. The Hall–Kier alpha value is -0.0400. The lowest BCUT2D eigenvalue weighted by atomic mass is 9.93. The smallest absolute Gasteiger partial charge is 0.00954 e. The third-order valence-corrected chi connectivity index (χ3v) is 5.69. The van der Waals surface area contributed by atoms with Crippen LogP contribution in [0.2, 0.25) is 0 Å². The second kappa shape index (κ2) is 12.5. The summed E-state index contributed by atoms with van der Waals surface area (Å²) < 4.78 is 0. The Morgan fingerprint density at radius 2 is 1.33 bits per heavy atom. The van der Waals surface area contributed by atoms with Crippen LogP contribution in [0.4, 0.5) is 0 Å². The molecule has 126 valence electrons. The lowest BCUT2D eigenvalue weighted by Crippen LogP contribution is -2.33. The molecule has 0 heterocycles. The van der Waals surface area contributed by atoms with Crippen LogP contribution in [-0.2, 0) is 0 Å². The molecule has 1 fully saturated rings. The highest BCUT2D eigenvalue weighted by atomic mass is 14.9. The summed E-state index contributed by atoms with van der Waals surface area (Å²) in [7, 11) is 0. The molecule has 0 spiro atoms. The molecule has 0 radical (unpaired) electrons. The van der Waals surface area contributed by atoms with Gasteiger partial charge in [0.25, 0.3) is 0 Å². The molecule has 1 N–H and O–H groups in total. The first-order valence-electron chi connectivity index (χ1n) is 10.0. The van der Waals surface area contributed by atoms with Crippen LogP contribution in [0.5, 0.6) is 0 Å². The number of rotatable bonds is 13. The van der Waals surface area contributed by atoms with Crippen molar-refractivity contribution in [2.24, 2.45) is 11.8 Å². The molecule has 1 saturated carbocycles. The van der Waals surface area contributed by atoms with Gasteiger partial charge in [0.05, 0.1) is 0 Å². The number of nitrogens with one attached hydrogen (secondary N) is 1. The van der Waals surface area contributed by atoms with Crippen molar-refractivity contribution in [2.75, 3.05) is 6.54 Å². The van der Waals surface area contributed by atoms with Crippen LogP contribution in [0.25, 0.3) is 0 Å². The van der Waals surface area contributed by atoms with E-state index in [4.69, 9.17) is 0 Å². The first-order chi connectivity index (χ1) is 10.3. The van der Waals surface area contributed by atoms with Crippen molar-refractivity contribution in [2.45, 2.75) is 110 Å². The van der Waals surface area contributed by atoms with Crippen LogP contribution < -0.4 is 5.32 Å². The average molecular weight is 296 g/mol. The number of hydrogen-bond donors (Lipinski definition) is 1. The summed E-state index contributed by atoms with van der Waals surface area (Å²) in [6, 6.07) is 0.813. The van der Waals surface area contributed by atoms with Gasteiger partial charge in [0.1, 0.15) is 0 Å². The molecule has 1 aliphatic carbocycles. The predicted molar refractivity (Wildman–Crippen MR) is 95.8 cm³/mol. The molecule has 3 unspecified atom stereocenters. The molecule has 0 aliphatic heterocycles. The minimum atomic E-state index is 0.813. The molecule has 0 bridgehead atoms. The minimum Gasteiger partial charge on any atom is -0.314 e. The van der Waals surface area contributed by atoms with Crippen LogP contribution in [0, 0.1) is 11.8 Å². The average Bonchev–Trinajstić information content (AvgIpc) is 2.85. The van der Waals surface area contributed by atoms with Crippen LogP contribution in [0.15, 0.2) is 0 Å². The highest BCUT2D eigenvalue weighted by Gasteiger charge is 2.30. The van der Waals surface area contributed by atoms with E-state index in [1.165, 1.54) is 90.0 Å². The maximum atomic E-state index is 3.82. The van der Waals surface area contributed by atoms with E-state index in [1.54, 1.807) is 0 Å². The van der Waals surface area contributed by atoms with Crippen molar-refractivity contribution in [3.8, 4) is 0 Å². The second-order valence-corrected chi connectivity index (χ2v) is 7.35. The van der Waals surface area contributed by atoms with Crippen molar-refractivity contribution >= 4 is 0 Å². The third-order valence-electron chi connectivity index (χ3n) is 5.69. The molecule has 0 aromatic carbocycles. The van der Waals surface area contributed by atoms with E-state index in [0.717, 1.165) is 17.9 Å². The fraction of sp³-hybridized carbons (Fsp3) is 1.00. The van der Waals surface area contributed by atoms with Gasteiger partial charge in [-0.1, -0.05) is 85.0 Å². The maximum absolute atomic E-state index is 3.82. The second-order valence-electron chi connectivity index (χ2n) is 7.35. The van der Waals surface area contributed by atoms with E-state index in [1.807, 2.05) is 0 Å². The molecule has 1 heteroatoms. The Bertz CT molecular complexity index is 226. The van der Waals surface area contributed by atoms with Crippen molar-refractivity contribution in [1.29, 1.82) is 0 Å². The van der Waals surface area contributed by atoms with E-state index in [0.29, 0.717) is 0 Å². The van der Waals surface area contributed by atoms with Crippen molar-refractivity contribution in [3.05, 3.63) is 0 Å². The normalized spacial score (nSPS) is 25.6. The Balaban J connectivity index is 1.83. The third kappa shape index (κ3) is 8.24. The summed E-state index contributed by atoms with van der Waals surface area (Å²) in [6.45, 7) is 8.36. The number of hydrogen-bond acceptors (Lipinski definition) is 1. The van der Waals surface area contributed by atoms with Gasteiger partial charge in [-0.15, -0.1) is 0 Å². The molecular formula is C20H41N. The molecule has 21 heavy (non-hydrogen) atoms. The molecule has 1 nitrogen and oxygen atoms in total. The Kier molecular flexibility index (Phi) is 11.3. The van der Waals surface area contributed by atoms with Gasteiger partial charge < -0.3 is 5.32 Å². The lowest BCUT2D eigenvalue weighted by molar-refractivity contribution is 0.343. The summed E-state index contributed by atoms with van der Waals surface area (Å²) >= 11 is 0. The van der Waals surface area contributed by atoms with Crippen LogP contribution in [-0.4, -0.2) is 12.6 Å². The van der Waals surface area contributed by atoms with Crippen molar-refractivity contribution in [3.63, 3.8) is 0 Å². The Morgan fingerprint density at radius 3 is 1.86 bits per heavy atom. The topological polar surface area (TPSA) is 12.0 Å². The van der Waals surface area contributed by atoms with Gasteiger partial charge >= 0.3 is 0 Å². The minimum absolute atomic E-state index is 0.813. The summed E-state index contributed by atoms with van der Waals surface area (Å²) in [6.07, 6.45) is 18.6. The fourth-order valence-electron chi connectivity index (χ4n) is 4.01. The van der Waals surface area contributed by atoms with E-state index in [9.17, 15) is 0 Å². The molecule has 0 amide bonds. The van der Waals surface area contributed by atoms with Gasteiger partial charge in [0.15, 0.2) is 0 Å². The summed E-state index contributed by atoms with van der Waals surface area (Å²) in [5.74, 6) is 1.88. The van der Waals surface area contributed by atoms with E-state index < -0.39 is 0 Å². The Labute approximate surface area is 134 Å². The quantitative estimate of drug-likeness (QED) is 0.392. The Morgan fingerprint density at radius 1 is 0.762 bits per heavy atom. The van der Waals surface area contributed by atoms with Gasteiger partial charge in [-0.25, -0.2) is 0 Å². The molecular weight excluding hydrogens is 254 g/mol. The first kappa shape index (κ1) is 19.0. The number of unbranched alkanes of at least 4 members (excludes halogenated alkanes) is 9. The molecule has 0 saturated heterocycles. The predicted octanol–water partition coefficient (Wildman–Crippen LogP) is 6.32. The molecule has 1 aliphatic rings. The summed E-state index contributed by atoms with van der Waals surface area (Å²) in [4.78, 5) is 0. The lowest BCUT2D eigenvalue weighted by Gasteiger charge is -2.21. The highest BCUT2D eigenvalue weighted by molar-refractivity contribution is 4.86. The zero-order chi connectivity index (χ0) is 15.3. The SMILES string of the molecule is CCCCCCCCCCCCNC1CCC(CC)C1C. The van der Waals surface area contributed by atoms with Crippen molar-refractivity contribution < 1.29 is 0 Å². The van der Waals surface area contributed by atoms with Crippen LogP contribution >= 0.6 is 0 Å². The van der Waals surface area contributed by atoms with Crippen LogP contribution in [0.1, 0.15) is 104 Å². The van der Waals surface area contributed by atoms with E-state index >= 15 is 0 Å². The summed E-state index contributed by atoms with van der Waals surface area (Å²) in [5.41, 5.74) is 0. The standard InChI is InChI=1S/C20H41N/c1-4-6-7-8-9-10-11-12-13-14-17-21-20-16-15-19(5-2)18(20)3/h18-21H,4-17H2,1-3H3. The van der Waals surface area contributed by atoms with E-state index in [2.05, 4.69) is 26.1 Å². The van der Waals surface area contributed by atoms with Gasteiger partial charge in [0, 0.05) is 6.04 Å². The monoisotopic (exact) mass is 295 g/mol. The molecule has 0 aromatic rings. The molecule has 0 aromatic heterocycles. The molecule has 1 rings (SSSR count).